The molecule has 0 spiro atoms. The SMILES string of the molecule is CCC[CH2][Sn]([CH2]CCC)([CH2]CCC)[c]1ccccc1Br. The predicted octanol–water partition coefficient (Wildman–Crippen LogP) is 6.51. The maximum absolute atomic E-state index is 3.86. The summed E-state index contributed by atoms with van der Waals surface area (Å²) in [7, 11) is 0. The van der Waals surface area contributed by atoms with Crippen molar-refractivity contribution >= 4 is 37.9 Å². The number of benzene rings is 1. The predicted molar refractivity (Wildman–Crippen MR) is 98.7 cm³/mol. The van der Waals surface area contributed by atoms with E-state index in [0.717, 1.165) is 0 Å². The van der Waals surface area contributed by atoms with Crippen LogP contribution in [0, 0.1) is 0 Å². The molecule has 20 heavy (non-hydrogen) atoms. The van der Waals surface area contributed by atoms with Gasteiger partial charge < -0.3 is 0 Å². The van der Waals surface area contributed by atoms with E-state index in [-0.39, 0.29) is 0 Å². The van der Waals surface area contributed by atoms with Crippen LogP contribution in [0.3, 0.4) is 0 Å². The number of hydrogen-bond acceptors (Lipinski definition) is 0. The summed E-state index contributed by atoms with van der Waals surface area (Å²) in [6, 6.07) is 9.14. The van der Waals surface area contributed by atoms with Gasteiger partial charge in [-0.05, 0) is 0 Å². The Balaban J connectivity index is 3.08. The maximum atomic E-state index is 3.86. The Labute approximate surface area is 138 Å². The minimum atomic E-state index is -2.21. The number of rotatable bonds is 10. The van der Waals surface area contributed by atoms with Gasteiger partial charge in [0.2, 0.25) is 0 Å². The summed E-state index contributed by atoms with van der Waals surface area (Å²) in [6.07, 6.45) is 8.35. The van der Waals surface area contributed by atoms with Gasteiger partial charge in [-0.25, -0.2) is 0 Å². The van der Waals surface area contributed by atoms with Gasteiger partial charge in [0.15, 0.2) is 0 Å². The Kier molecular flexibility index (Phi) is 9.52. The van der Waals surface area contributed by atoms with E-state index in [2.05, 4.69) is 61.0 Å². The number of unbranched alkanes of at least 4 members (excludes halogenated alkanes) is 3. The summed E-state index contributed by atoms with van der Waals surface area (Å²) in [4.78, 5) is 0. The van der Waals surface area contributed by atoms with E-state index in [1.165, 1.54) is 43.0 Å². The average Bonchev–Trinajstić information content (AvgIpc) is 2.48. The van der Waals surface area contributed by atoms with Crippen molar-refractivity contribution in [2.75, 3.05) is 0 Å². The molecule has 2 heteroatoms. The molecule has 0 nitrogen and oxygen atoms in total. The molecule has 0 amide bonds. The van der Waals surface area contributed by atoms with Gasteiger partial charge in [-0.3, -0.25) is 0 Å². The number of halogens is 1. The summed E-state index contributed by atoms with van der Waals surface area (Å²) in [5, 5.41) is 0. The molecular formula is C18H31BrSn. The molecule has 0 fully saturated rings. The zero-order valence-corrected chi connectivity index (χ0v) is 18.0. The van der Waals surface area contributed by atoms with Gasteiger partial charge in [0, 0.05) is 0 Å². The molecule has 0 radical (unpaired) electrons. The van der Waals surface area contributed by atoms with Gasteiger partial charge in [-0.2, -0.15) is 0 Å². The fraction of sp³-hybridized carbons (Fsp3) is 0.667. The number of hydrogen-bond donors (Lipinski definition) is 0. The van der Waals surface area contributed by atoms with Crippen molar-refractivity contribution in [3.8, 4) is 0 Å². The van der Waals surface area contributed by atoms with Gasteiger partial charge in [-0.15, -0.1) is 0 Å². The van der Waals surface area contributed by atoms with Gasteiger partial charge >= 0.3 is 139 Å². The van der Waals surface area contributed by atoms with Crippen LogP contribution in [0.15, 0.2) is 28.7 Å². The molecule has 0 saturated heterocycles. The second-order valence-corrected chi connectivity index (χ2v) is 20.1. The molecule has 0 aliphatic rings. The van der Waals surface area contributed by atoms with E-state index >= 15 is 0 Å². The topological polar surface area (TPSA) is 0 Å². The van der Waals surface area contributed by atoms with E-state index < -0.39 is 18.4 Å². The summed E-state index contributed by atoms with van der Waals surface area (Å²) in [6.45, 7) is 7.03. The Morgan fingerprint density at radius 1 is 0.800 bits per heavy atom. The van der Waals surface area contributed by atoms with Crippen LogP contribution in [0.1, 0.15) is 59.3 Å². The Hall–Kier alpha value is 0.499. The van der Waals surface area contributed by atoms with Crippen molar-refractivity contribution < 1.29 is 0 Å². The van der Waals surface area contributed by atoms with E-state index in [1.807, 2.05) is 0 Å². The quantitative estimate of drug-likeness (QED) is 0.360. The second-order valence-electron chi connectivity index (χ2n) is 6.07. The molecule has 0 N–H and O–H groups in total. The first kappa shape index (κ1) is 18.5. The Morgan fingerprint density at radius 3 is 1.65 bits per heavy atom. The third-order valence-corrected chi connectivity index (χ3v) is 21.9. The zero-order chi connectivity index (χ0) is 14.8. The van der Waals surface area contributed by atoms with E-state index in [0.29, 0.717) is 0 Å². The normalized spacial score (nSPS) is 11.8. The van der Waals surface area contributed by atoms with Gasteiger partial charge in [-0.1, -0.05) is 0 Å². The van der Waals surface area contributed by atoms with Crippen molar-refractivity contribution in [2.45, 2.75) is 72.6 Å². The fourth-order valence-corrected chi connectivity index (χ4v) is 22.6. The Bertz CT molecular complexity index is 354. The molecule has 1 aromatic carbocycles. The third kappa shape index (κ3) is 5.36. The molecule has 0 heterocycles. The molecular weight excluding hydrogens is 415 g/mol. The van der Waals surface area contributed by atoms with E-state index in [9.17, 15) is 0 Å². The fourth-order valence-electron chi connectivity index (χ4n) is 3.22. The van der Waals surface area contributed by atoms with Gasteiger partial charge in [0.05, 0.1) is 0 Å². The monoisotopic (exact) mass is 446 g/mol. The first-order valence-corrected chi connectivity index (χ1v) is 16.7. The second kappa shape index (κ2) is 10.3. The average molecular weight is 446 g/mol. The van der Waals surface area contributed by atoms with Crippen LogP contribution in [0.25, 0.3) is 0 Å². The summed E-state index contributed by atoms with van der Waals surface area (Å²) in [5.41, 5.74) is 0. The third-order valence-electron chi connectivity index (χ3n) is 4.47. The first-order chi connectivity index (χ1) is 9.70. The molecule has 0 atom stereocenters. The molecule has 114 valence electrons. The van der Waals surface area contributed by atoms with Crippen LogP contribution in [0.5, 0.6) is 0 Å². The van der Waals surface area contributed by atoms with Crippen LogP contribution in [0.4, 0.5) is 0 Å². The van der Waals surface area contributed by atoms with E-state index in [4.69, 9.17) is 0 Å². The molecule has 0 aliphatic carbocycles. The molecule has 0 bridgehead atoms. The van der Waals surface area contributed by atoms with Crippen molar-refractivity contribution in [3.63, 3.8) is 0 Å². The zero-order valence-electron chi connectivity index (χ0n) is 13.6. The Morgan fingerprint density at radius 2 is 1.25 bits per heavy atom. The van der Waals surface area contributed by atoms with Crippen molar-refractivity contribution in [1.82, 2.24) is 0 Å². The molecule has 1 aromatic rings. The standard InChI is InChI=1S/C6H4Br.3C4H9.Sn/c7-6-4-2-1-3-5-6;3*1-3-4-2;/h1-4H;3*1,3-4H2,2H3;. The van der Waals surface area contributed by atoms with E-state index in [1.54, 1.807) is 16.9 Å². The molecule has 0 unspecified atom stereocenters. The summed E-state index contributed by atoms with van der Waals surface area (Å²) < 4.78 is 7.81. The van der Waals surface area contributed by atoms with Crippen molar-refractivity contribution in [2.24, 2.45) is 0 Å². The molecule has 1 rings (SSSR count). The van der Waals surface area contributed by atoms with Gasteiger partial charge in [0.25, 0.3) is 0 Å². The van der Waals surface area contributed by atoms with Crippen LogP contribution in [-0.2, 0) is 0 Å². The van der Waals surface area contributed by atoms with Gasteiger partial charge in [0.1, 0.15) is 0 Å². The van der Waals surface area contributed by atoms with Crippen LogP contribution >= 0.6 is 15.9 Å². The van der Waals surface area contributed by atoms with Crippen LogP contribution < -0.4 is 3.58 Å². The molecule has 0 aliphatic heterocycles. The molecule has 0 aromatic heterocycles. The first-order valence-electron chi connectivity index (χ1n) is 8.45. The van der Waals surface area contributed by atoms with Crippen LogP contribution in [0.2, 0.25) is 13.3 Å². The van der Waals surface area contributed by atoms with Crippen molar-refractivity contribution in [1.29, 1.82) is 0 Å². The minimum absolute atomic E-state index is 1.35. The molecule has 0 saturated carbocycles. The van der Waals surface area contributed by atoms with Crippen molar-refractivity contribution in [3.05, 3.63) is 28.7 Å². The summed E-state index contributed by atoms with van der Waals surface area (Å²) >= 11 is 1.66. The van der Waals surface area contributed by atoms with Crippen LogP contribution in [-0.4, -0.2) is 18.4 Å². The summed E-state index contributed by atoms with van der Waals surface area (Å²) in [5.74, 6) is 0.